The van der Waals surface area contributed by atoms with Crippen molar-refractivity contribution in [3.8, 4) is 0 Å². The summed E-state index contributed by atoms with van der Waals surface area (Å²) in [5.74, 6) is 0.132. The zero-order chi connectivity index (χ0) is 10.0. The van der Waals surface area contributed by atoms with Gasteiger partial charge in [0.05, 0.1) is 5.92 Å². The van der Waals surface area contributed by atoms with Crippen LogP contribution in [-0.2, 0) is 4.79 Å². The van der Waals surface area contributed by atoms with E-state index in [0.29, 0.717) is 0 Å². The predicted molar refractivity (Wildman–Crippen MR) is 52.3 cm³/mol. The van der Waals surface area contributed by atoms with Gasteiger partial charge in [-0.15, -0.1) is 0 Å². The fourth-order valence-electron chi connectivity index (χ4n) is 1.73. The number of carbonyl (C=O) groups is 1. The second kappa shape index (κ2) is 4.07. The molecule has 76 valence electrons. The van der Waals surface area contributed by atoms with Crippen molar-refractivity contribution in [1.82, 2.24) is 9.80 Å². The highest BCUT2D eigenvalue weighted by Crippen LogP contribution is 2.15. The highest BCUT2D eigenvalue weighted by Gasteiger charge is 2.31. The molecule has 1 rings (SSSR count). The van der Waals surface area contributed by atoms with Crippen molar-refractivity contribution in [2.75, 3.05) is 34.2 Å². The number of rotatable bonds is 1. The summed E-state index contributed by atoms with van der Waals surface area (Å²) < 4.78 is 0. The first kappa shape index (κ1) is 10.5. The first-order valence-electron chi connectivity index (χ1n) is 4.67. The van der Waals surface area contributed by atoms with Gasteiger partial charge in [0.1, 0.15) is 0 Å². The molecule has 4 nitrogen and oxygen atoms in total. The second-order valence-electron chi connectivity index (χ2n) is 4.05. The Kier molecular flexibility index (Phi) is 3.27. The maximum atomic E-state index is 11.7. The van der Waals surface area contributed by atoms with Gasteiger partial charge in [0, 0.05) is 26.7 Å². The quantitative estimate of drug-likeness (QED) is 0.591. The summed E-state index contributed by atoms with van der Waals surface area (Å²) in [6.45, 7) is 1.79. The van der Waals surface area contributed by atoms with E-state index in [4.69, 9.17) is 5.73 Å². The van der Waals surface area contributed by atoms with Crippen LogP contribution in [0.25, 0.3) is 0 Å². The predicted octanol–water partition coefficient (Wildman–Crippen LogP) is -0.646. The molecule has 0 aliphatic carbocycles. The summed E-state index contributed by atoms with van der Waals surface area (Å²) in [6, 6.07) is 0.0334. The molecule has 0 unspecified atom stereocenters. The smallest absolute Gasteiger partial charge is 0.228 e. The average Bonchev–Trinajstić information content (AvgIpc) is 2.08. The van der Waals surface area contributed by atoms with E-state index in [1.807, 2.05) is 7.05 Å². The summed E-state index contributed by atoms with van der Waals surface area (Å²) in [7, 11) is 5.59. The minimum atomic E-state index is -0.0197. The molecule has 0 bridgehead atoms. The lowest BCUT2D eigenvalue weighted by Gasteiger charge is -2.34. The molecule has 1 heterocycles. The van der Waals surface area contributed by atoms with Crippen molar-refractivity contribution in [3.63, 3.8) is 0 Å². The molecule has 2 atom stereocenters. The molecule has 0 saturated carbocycles. The molecular weight excluding hydrogens is 166 g/mol. The molecule has 0 aromatic carbocycles. The molecule has 13 heavy (non-hydrogen) atoms. The number of hydrogen-bond acceptors (Lipinski definition) is 3. The van der Waals surface area contributed by atoms with E-state index < -0.39 is 0 Å². The molecule has 0 spiro atoms. The van der Waals surface area contributed by atoms with Gasteiger partial charge >= 0.3 is 0 Å². The Labute approximate surface area is 79.7 Å². The number of nitrogens with zero attached hydrogens (tertiary/aromatic N) is 2. The zero-order valence-electron chi connectivity index (χ0n) is 8.66. The maximum Gasteiger partial charge on any atom is 0.228 e. The number of piperidine rings is 1. The number of carbonyl (C=O) groups excluding carboxylic acids is 1. The van der Waals surface area contributed by atoms with Crippen LogP contribution in [0.5, 0.6) is 0 Å². The molecule has 2 N–H and O–H groups in total. The van der Waals surface area contributed by atoms with Gasteiger partial charge in [-0.05, 0) is 20.0 Å². The lowest BCUT2D eigenvalue weighted by Crippen LogP contribution is -2.51. The van der Waals surface area contributed by atoms with Crippen molar-refractivity contribution >= 4 is 5.91 Å². The Balaban J connectivity index is 2.60. The molecule has 4 heteroatoms. The molecule has 1 fully saturated rings. The summed E-state index contributed by atoms with van der Waals surface area (Å²) in [5.41, 5.74) is 5.91. The number of hydrogen-bond donors (Lipinski definition) is 1. The molecular formula is C9H19N3O. The van der Waals surface area contributed by atoms with Crippen LogP contribution in [-0.4, -0.2) is 56.0 Å². The largest absolute Gasteiger partial charge is 0.348 e. The van der Waals surface area contributed by atoms with Crippen LogP contribution in [0, 0.1) is 5.92 Å². The molecule has 1 amide bonds. The fraction of sp³-hybridized carbons (Fsp3) is 0.889. The van der Waals surface area contributed by atoms with Crippen LogP contribution >= 0.6 is 0 Å². The number of amides is 1. The summed E-state index contributed by atoms with van der Waals surface area (Å²) >= 11 is 0. The molecule has 0 aromatic heterocycles. The van der Waals surface area contributed by atoms with E-state index in [1.54, 1.807) is 19.0 Å². The molecule has 1 aliphatic rings. The molecule has 1 aliphatic heterocycles. The van der Waals surface area contributed by atoms with Gasteiger partial charge in [0.15, 0.2) is 0 Å². The minimum absolute atomic E-state index is 0.0197. The van der Waals surface area contributed by atoms with Gasteiger partial charge in [0.2, 0.25) is 5.91 Å². The Morgan fingerprint density at radius 3 is 2.69 bits per heavy atom. The Bertz CT molecular complexity index is 193. The monoisotopic (exact) mass is 185 g/mol. The van der Waals surface area contributed by atoms with E-state index in [0.717, 1.165) is 19.5 Å². The lowest BCUT2D eigenvalue weighted by atomic mass is 9.92. The zero-order valence-corrected chi connectivity index (χ0v) is 8.66. The van der Waals surface area contributed by atoms with Gasteiger partial charge in [-0.1, -0.05) is 0 Å². The van der Waals surface area contributed by atoms with Crippen LogP contribution in [0.3, 0.4) is 0 Å². The van der Waals surface area contributed by atoms with Gasteiger partial charge in [-0.3, -0.25) is 4.79 Å². The first-order valence-corrected chi connectivity index (χ1v) is 4.67. The molecule has 0 aromatic rings. The standard InChI is InChI=1S/C9H19N3O/c1-11(2)9(13)7-6-12(3)5-4-8(7)10/h7-8H,4-6,10H2,1-3H3/t7-,8-/m1/s1. The third kappa shape index (κ3) is 2.42. The number of nitrogens with two attached hydrogens (primary N) is 1. The fourth-order valence-corrected chi connectivity index (χ4v) is 1.73. The molecule has 0 radical (unpaired) electrons. The highest BCUT2D eigenvalue weighted by atomic mass is 16.2. The van der Waals surface area contributed by atoms with Crippen molar-refractivity contribution in [2.24, 2.45) is 11.7 Å². The van der Waals surface area contributed by atoms with E-state index in [-0.39, 0.29) is 17.9 Å². The Morgan fingerprint density at radius 2 is 2.15 bits per heavy atom. The maximum absolute atomic E-state index is 11.7. The Morgan fingerprint density at radius 1 is 1.54 bits per heavy atom. The van der Waals surface area contributed by atoms with Crippen molar-refractivity contribution in [3.05, 3.63) is 0 Å². The van der Waals surface area contributed by atoms with Gasteiger partial charge in [-0.25, -0.2) is 0 Å². The van der Waals surface area contributed by atoms with Crippen LogP contribution in [0.1, 0.15) is 6.42 Å². The van der Waals surface area contributed by atoms with Crippen LogP contribution in [0.4, 0.5) is 0 Å². The lowest BCUT2D eigenvalue weighted by molar-refractivity contribution is -0.135. The van der Waals surface area contributed by atoms with Crippen LogP contribution < -0.4 is 5.73 Å². The van der Waals surface area contributed by atoms with E-state index in [2.05, 4.69) is 4.90 Å². The highest BCUT2D eigenvalue weighted by molar-refractivity contribution is 5.79. The SMILES string of the molecule is CN1CC[C@@H](N)[C@H](C(=O)N(C)C)C1. The summed E-state index contributed by atoms with van der Waals surface area (Å²) in [5, 5.41) is 0. The third-order valence-electron chi connectivity index (χ3n) is 2.63. The van der Waals surface area contributed by atoms with Gasteiger partial charge in [0.25, 0.3) is 0 Å². The molecule has 1 saturated heterocycles. The summed E-state index contributed by atoms with van der Waals surface area (Å²) in [4.78, 5) is 15.5. The van der Waals surface area contributed by atoms with Crippen molar-refractivity contribution in [1.29, 1.82) is 0 Å². The minimum Gasteiger partial charge on any atom is -0.348 e. The first-order chi connectivity index (χ1) is 6.02. The average molecular weight is 185 g/mol. The van der Waals surface area contributed by atoms with E-state index >= 15 is 0 Å². The second-order valence-corrected chi connectivity index (χ2v) is 4.05. The third-order valence-corrected chi connectivity index (χ3v) is 2.63. The van der Waals surface area contributed by atoms with Crippen molar-refractivity contribution < 1.29 is 4.79 Å². The van der Waals surface area contributed by atoms with E-state index in [9.17, 15) is 4.79 Å². The van der Waals surface area contributed by atoms with E-state index in [1.165, 1.54) is 0 Å². The number of likely N-dealkylation sites (tertiary alicyclic amines) is 1. The Hall–Kier alpha value is -0.610. The van der Waals surface area contributed by atoms with Crippen LogP contribution in [0.2, 0.25) is 0 Å². The van der Waals surface area contributed by atoms with Crippen LogP contribution in [0.15, 0.2) is 0 Å². The van der Waals surface area contributed by atoms with Crippen molar-refractivity contribution in [2.45, 2.75) is 12.5 Å². The summed E-state index contributed by atoms with van der Waals surface area (Å²) in [6.07, 6.45) is 0.917. The topological polar surface area (TPSA) is 49.6 Å². The van der Waals surface area contributed by atoms with Gasteiger partial charge < -0.3 is 15.5 Å². The van der Waals surface area contributed by atoms with Gasteiger partial charge in [-0.2, -0.15) is 0 Å². The normalized spacial score (nSPS) is 30.2.